The van der Waals surface area contributed by atoms with Crippen molar-refractivity contribution in [1.29, 1.82) is 0 Å². The standard InChI is InChI=1S/C22H22O6S/c1-25-17-8-5-13(10-19(17)26-2)16-12-27-18-11-14(6-7-15(18)21(16)23)28-22(24)20-4-3-9-29-20/h3-5,8-10,12,14-15,18H,6-7,11H2,1-2H3. The van der Waals surface area contributed by atoms with Gasteiger partial charge in [-0.05, 0) is 42.0 Å². The minimum absolute atomic E-state index is 0.0523. The van der Waals surface area contributed by atoms with Crippen LogP contribution in [-0.2, 0) is 14.3 Å². The van der Waals surface area contributed by atoms with E-state index < -0.39 is 0 Å². The monoisotopic (exact) mass is 414 g/mol. The largest absolute Gasteiger partial charge is 0.496 e. The fourth-order valence-corrected chi connectivity index (χ4v) is 4.49. The second-order valence-corrected chi connectivity index (χ2v) is 8.01. The maximum absolute atomic E-state index is 13.1. The molecule has 0 spiro atoms. The zero-order valence-corrected chi connectivity index (χ0v) is 17.1. The average Bonchev–Trinajstić information content (AvgIpc) is 3.28. The molecule has 3 unspecified atom stereocenters. The number of esters is 1. The summed E-state index contributed by atoms with van der Waals surface area (Å²) in [4.78, 5) is 25.9. The molecule has 1 fully saturated rings. The highest BCUT2D eigenvalue weighted by atomic mass is 32.1. The Morgan fingerprint density at radius 3 is 2.69 bits per heavy atom. The van der Waals surface area contributed by atoms with Gasteiger partial charge in [-0.15, -0.1) is 11.3 Å². The molecule has 6 nitrogen and oxygen atoms in total. The molecule has 1 aromatic carbocycles. The second kappa shape index (κ2) is 8.29. The van der Waals surface area contributed by atoms with Crippen molar-refractivity contribution in [2.45, 2.75) is 31.5 Å². The second-order valence-electron chi connectivity index (χ2n) is 7.06. The summed E-state index contributed by atoms with van der Waals surface area (Å²) in [7, 11) is 3.13. The van der Waals surface area contributed by atoms with Crippen molar-refractivity contribution in [3.63, 3.8) is 0 Å². The zero-order chi connectivity index (χ0) is 20.4. The Kier molecular flexibility index (Phi) is 5.58. The van der Waals surface area contributed by atoms with Crippen LogP contribution in [0.3, 0.4) is 0 Å². The van der Waals surface area contributed by atoms with Crippen LogP contribution in [-0.4, -0.2) is 38.2 Å². The summed E-state index contributed by atoms with van der Waals surface area (Å²) in [6.45, 7) is 0. The Morgan fingerprint density at radius 1 is 1.14 bits per heavy atom. The lowest BCUT2D eigenvalue weighted by Gasteiger charge is -2.37. The van der Waals surface area contributed by atoms with Gasteiger partial charge in [0.15, 0.2) is 17.3 Å². The van der Waals surface area contributed by atoms with Gasteiger partial charge < -0.3 is 18.9 Å². The van der Waals surface area contributed by atoms with Crippen LogP contribution in [0.1, 0.15) is 34.5 Å². The molecule has 3 atom stereocenters. The van der Waals surface area contributed by atoms with Gasteiger partial charge in [0.2, 0.25) is 0 Å². The summed E-state index contributed by atoms with van der Waals surface area (Å²) in [5, 5.41) is 1.84. The number of allylic oxidation sites excluding steroid dienone is 1. The van der Waals surface area contributed by atoms with Crippen molar-refractivity contribution in [2.75, 3.05) is 14.2 Å². The van der Waals surface area contributed by atoms with E-state index in [0.717, 1.165) is 5.56 Å². The summed E-state index contributed by atoms with van der Waals surface area (Å²) < 4.78 is 22.1. The average molecular weight is 414 g/mol. The Bertz CT molecular complexity index is 933. The van der Waals surface area contributed by atoms with Crippen molar-refractivity contribution < 1.29 is 28.5 Å². The Hall–Kier alpha value is -2.80. The van der Waals surface area contributed by atoms with Crippen LogP contribution in [0.4, 0.5) is 0 Å². The number of rotatable bonds is 5. The fraction of sp³-hybridized carbons (Fsp3) is 0.364. The molecule has 1 aliphatic heterocycles. The molecule has 2 aliphatic rings. The van der Waals surface area contributed by atoms with Crippen LogP contribution in [0.2, 0.25) is 0 Å². The van der Waals surface area contributed by atoms with E-state index in [1.807, 2.05) is 17.5 Å². The maximum atomic E-state index is 13.1. The minimum Gasteiger partial charge on any atom is -0.496 e. The topological polar surface area (TPSA) is 71.1 Å². The van der Waals surface area contributed by atoms with Gasteiger partial charge in [0.05, 0.1) is 32.0 Å². The number of hydrogen-bond acceptors (Lipinski definition) is 7. The predicted molar refractivity (Wildman–Crippen MR) is 108 cm³/mol. The molecule has 1 aliphatic carbocycles. The number of ketones is 1. The molecule has 4 rings (SSSR count). The Labute approximate surface area is 173 Å². The summed E-state index contributed by atoms with van der Waals surface area (Å²) in [6.07, 6.45) is 2.79. The number of carbonyl (C=O) groups excluding carboxylic acids is 2. The third kappa shape index (κ3) is 3.87. The van der Waals surface area contributed by atoms with Gasteiger partial charge in [0.25, 0.3) is 0 Å². The van der Waals surface area contributed by atoms with E-state index in [9.17, 15) is 9.59 Å². The van der Waals surface area contributed by atoms with Gasteiger partial charge in [-0.3, -0.25) is 4.79 Å². The molecule has 1 saturated carbocycles. The highest BCUT2D eigenvalue weighted by Crippen LogP contribution is 2.39. The van der Waals surface area contributed by atoms with E-state index in [4.69, 9.17) is 18.9 Å². The predicted octanol–water partition coefficient (Wildman–Crippen LogP) is 4.10. The van der Waals surface area contributed by atoms with Crippen LogP contribution in [0.25, 0.3) is 5.57 Å². The molecule has 1 aromatic heterocycles. The van der Waals surface area contributed by atoms with Crippen molar-refractivity contribution in [1.82, 2.24) is 0 Å². The molecule has 2 heterocycles. The lowest BCUT2D eigenvalue weighted by Crippen LogP contribution is -2.41. The number of benzene rings is 1. The number of hydrogen-bond donors (Lipinski definition) is 0. The molecule has 29 heavy (non-hydrogen) atoms. The molecule has 0 N–H and O–H groups in total. The molecule has 2 aromatic rings. The van der Waals surface area contributed by atoms with Crippen LogP contribution >= 0.6 is 11.3 Å². The Balaban J connectivity index is 1.47. The molecular weight excluding hydrogens is 392 g/mol. The number of carbonyl (C=O) groups is 2. The van der Waals surface area contributed by atoms with E-state index in [0.29, 0.717) is 41.2 Å². The molecule has 7 heteroatoms. The van der Waals surface area contributed by atoms with E-state index in [1.165, 1.54) is 17.6 Å². The van der Waals surface area contributed by atoms with Crippen molar-refractivity contribution in [3.8, 4) is 11.5 Å². The van der Waals surface area contributed by atoms with Gasteiger partial charge >= 0.3 is 5.97 Å². The lowest BCUT2D eigenvalue weighted by atomic mass is 9.78. The van der Waals surface area contributed by atoms with Crippen LogP contribution < -0.4 is 9.47 Å². The SMILES string of the molecule is COc1ccc(C2=COC3CC(OC(=O)c4cccs4)CCC3C2=O)cc1OC. The smallest absolute Gasteiger partial charge is 0.348 e. The molecule has 0 amide bonds. The highest BCUT2D eigenvalue weighted by molar-refractivity contribution is 7.11. The lowest BCUT2D eigenvalue weighted by molar-refractivity contribution is -0.126. The first-order valence-corrected chi connectivity index (χ1v) is 10.4. The third-order valence-electron chi connectivity index (χ3n) is 5.40. The summed E-state index contributed by atoms with van der Waals surface area (Å²) in [6, 6.07) is 8.94. The third-order valence-corrected chi connectivity index (χ3v) is 6.25. The molecule has 152 valence electrons. The highest BCUT2D eigenvalue weighted by Gasteiger charge is 2.41. The van der Waals surface area contributed by atoms with E-state index in [1.54, 1.807) is 32.4 Å². The molecule has 0 radical (unpaired) electrons. The van der Waals surface area contributed by atoms with Crippen molar-refractivity contribution >= 4 is 28.7 Å². The molecular formula is C22H22O6S. The maximum Gasteiger partial charge on any atom is 0.348 e. The van der Waals surface area contributed by atoms with Gasteiger partial charge in [-0.2, -0.15) is 0 Å². The fourth-order valence-electron chi connectivity index (χ4n) is 3.88. The Morgan fingerprint density at radius 2 is 1.97 bits per heavy atom. The van der Waals surface area contributed by atoms with Crippen molar-refractivity contribution in [3.05, 3.63) is 52.4 Å². The first kappa shape index (κ1) is 19.5. The van der Waals surface area contributed by atoms with Crippen LogP contribution in [0, 0.1) is 5.92 Å². The summed E-state index contributed by atoms with van der Waals surface area (Å²) in [5.41, 5.74) is 1.26. The van der Waals surface area contributed by atoms with E-state index in [2.05, 4.69) is 0 Å². The van der Waals surface area contributed by atoms with Gasteiger partial charge in [0, 0.05) is 6.42 Å². The summed E-state index contributed by atoms with van der Waals surface area (Å²) >= 11 is 1.36. The first-order valence-electron chi connectivity index (χ1n) is 9.47. The van der Waals surface area contributed by atoms with E-state index in [-0.39, 0.29) is 29.9 Å². The quantitative estimate of drug-likeness (QED) is 0.686. The summed E-state index contributed by atoms with van der Waals surface area (Å²) in [5.74, 6) is 0.667. The number of methoxy groups -OCH3 is 2. The van der Waals surface area contributed by atoms with Crippen LogP contribution in [0.5, 0.6) is 11.5 Å². The van der Waals surface area contributed by atoms with Gasteiger partial charge in [-0.1, -0.05) is 12.1 Å². The first-order chi connectivity index (χ1) is 14.1. The molecule has 0 saturated heterocycles. The number of ether oxygens (including phenoxy) is 4. The number of thiophene rings is 1. The van der Waals surface area contributed by atoms with Gasteiger partial charge in [0.1, 0.15) is 17.1 Å². The minimum atomic E-state index is -0.313. The normalized spacial score (nSPS) is 23.4. The molecule has 0 bridgehead atoms. The number of fused-ring (bicyclic) bond motifs is 1. The van der Waals surface area contributed by atoms with Crippen molar-refractivity contribution in [2.24, 2.45) is 5.92 Å². The number of Topliss-reactive ketones (excluding diaryl/α,β-unsaturated/α-hetero) is 1. The van der Waals surface area contributed by atoms with Gasteiger partial charge in [-0.25, -0.2) is 4.79 Å². The zero-order valence-electron chi connectivity index (χ0n) is 16.3. The van der Waals surface area contributed by atoms with E-state index >= 15 is 0 Å². The van der Waals surface area contributed by atoms with Crippen LogP contribution in [0.15, 0.2) is 42.0 Å².